The molecule has 100 valence electrons. The number of ether oxygens (including phenoxy) is 3. The Bertz CT molecular complexity index is 292. The topological polar surface area (TPSA) is 65.0 Å². The van der Waals surface area contributed by atoms with Gasteiger partial charge in [0, 0.05) is 0 Å². The van der Waals surface area contributed by atoms with Crippen LogP contribution in [-0.2, 0) is 19.0 Å². The monoisotopic (exact) mass is 286 g/mol. The van der Waals surface area contributed by atoms with E-state index in [0.717, 1.165) is 0 Å². The zero-order valence-electron chi connectivity index (χ0n) is 9.91. The number of hydrogen-bond acceptors (Lipinski definition) is 5. The zero-order chi connectivity index (χ0) is 13.3. The summed E-state index contributed by atoms with van der Waals surface area (Å²) in [5.74, 6) is -1.73. The highest BCUT2D eigenvalue weighted by molar-refractivity contribution is 6.58. The number of esters is 1. The maximum Gasteiger partial charge on any atom is 0.345 e. The molecule has 0 bridgehead atoms. The van der Waals surface area contributed by atoms with Gasteiger partial charge in [-0.2, -0.15) is 0 Å². The number of carbonyl (C=O) groups excluding carboxylic acids is 1. The van der Waals surface area contributed by atoms with Gasteiger partial charge in [-0.3, -0.25) is 0 Å². The van der Waals surface area contributed by atoms with Gasteiger partial charge in [-0.15, -0.1) is 0 Å². The van der Waals surface area contributed by atoms with Crippen molar-refractivity contribution in [3.05, 3.63) is 0 Å². The minimum Gasteiger partial charge on any atom is -0.464 e. The fraction of sp³-hybridized carbons (Fsp3) is 0.900. The molecule has 0 aliphatic carbocycles. The second-order valence-electron chi connectivity index (χ2n) is 4.16. The third-order valence-corrected chi connectivity index (χ3v) is 3.06. The maximum absolute atomic E-state index is 11.5. The van der Waals surface area contributed by atoms with Crippen molar-refractivity contribution in [2.45, 2.75) is 43.1 Å². The van der Waals surface area contributed by atoms with Crippen LogP contribution in [0.5, 0.6) is 0 Å². The highest BCUT2D eigenvalue weighted by Crippen LogP contribution is 2.34. The molecule has 1 fully saturated rings. The van der Waals surface area contributed by atoms with Crippen molar-refractivity contribution < 1.29 is 24.1 Å². The molecule has 0 aromatic carbocycles. The fourth-order valence-electron chi connectivity index (χ4n) is 1.45. The molecule has 1 heterocycles. The smallest absolute Gasteiger partial charge is 0.345 e. The van der Waals surface area contributed by atoms with Crippen LogP contribution in [0.25, 0.3) is 0 Å². The molecule has 0 saturated carbocycles. The highest BCUT2D eigenvalue weighted by Gasteiger charge is 2.51. The standard InChI is InChI=1S/C10H16Cl2O5/c1-4-15-8(14)10(11,12)7(13)6-5-16-9(2,3)17-6/h6-7,13H,4-5H2,1-3H3/t6-,7-/m1/s1. The molecule has 0 aromatic rings. The molecule has 0 amide bonds. The molecule has 5 nitrogen and oxygen atoms in total. The lowest BCUT2D eigenvalue weighted by molar-refractivity contribution is -0.161. The van der Waals surface area contributed by atoms with Gasteiger partial charge < -0.3 is 19.3 Å². The molecule has 0 unspecified atom stereocenters. The van der Waals surface area contributed by atoms with E-state index >= 15 is 0 Å². The Morgan fingerprint density at radius 2 is 2.24 bits per heavy atom. The molecule has 0 spiro atoms. The SMILES string of the molecule is CCOC(=O)C(Cl)(Cl)[C@H](O)[C@H]1COC(C)(C)O1. The first-order valence-corrected chi connectivity index (χ1v) is 6.01. The van der Waals surface area contributed by atoms with Crippen molar-refractivity contribution >= 4 is 29.2 Å². The molecule has 17 heavy (non-hydrogen) atoms. The lowest BCUT2D eigenvalue weighted by atomic mass is 10.1. The Hall–Kier alpha value is -0.0700. The van der Waals surface area contributed by atoms with Crippen molar-refractivity contribution in [2.24, 2.45) is 0 Å². The van der Waals surface area contributed by atoms with Crippen LogP contribution in [0.3, 0.4) is 0 Å². The van der Waals surface area contributed by atoms with E-state index in [9.17, 15) is 9.90 Å². The van der Waals surface area contributed by atoms with Crippen LogP contribution < -0.4 is 0 Å². The summed E-state index contributed by atoms with van der Waals surface area (Å²) < 4.78 is 13.2. The van der Waals surface area contributed by atoms with Crippen LogP contribution in [0.15, 0.2) is 0 Å². The Balaban J connectivity index is 2.69. The average Bonchev–Trinajstić information content (AvgIpc) is 2.58. The highest BCUT2D eigenvalue weighted by atomic mass is 35.5. The number of halogens is 2. The van der Waals surface area contributed by atoms with Gasteiger partial charge in [0.2, 0.25) is 4.33 Å². The molecule has 1 aliphatic heterocycles. The predicted octanol–water partition coefficient (Wildman–Crippen LogP) is 1.24. The van der Waals surface area contributed by atoms with Gasteiger partial charge in [0.25, 0.3) is 0 Å². The average molecular weight is 287 g/mol. The summed E-state index contributed by atoms with van der Waals surface area (Å²) in [5, 5.41) is 9.94. The van der Waals surface area contributed by atoms with Gasteiger partial charge in [-0.1, -0.05) is 23.2 Å². The van der Waals surface area contributed by atoms with E-state index in [-0.39, 0.29) is 13.2 Å². The molecular formula is C10H16Cl2O5. The van der Waals surface area contributed by atoms with Gasteiger partial charge in [0.1, 0.15) is 12.2 Å². The minimum atomic E-state index is -2.07. The summed E-state index contributed by atoms with van der Waals surface area (Å²) in [6, 6.07) is 0. The van der Waals surface area contributed by atoms with Crippen molar-refractivity contribution in [1.29, 1.82) is 0 Å². The van der Waals surface area contributed by atoms with E-state index < -0.39 is 28.3 Å². The van der Waals surface area contributed by atoms with Crippen molar-refractivity contribution in [2.75, 3.05) is 13.2 Å². The van der Waals surface area contributed by atoms with E-state index in [4.69, 9.17) is 32.7 Å². The van der Waals surface area contributed by atoms with Crippen LogP contribution in [0, 0.1) is 0 Å². The Labute approximate surface area is 110 Å². The van der Waals surface area contributed by atoms with E-state index in [0.29, 0.717) is 0 Å². The number of hydrogen-bond donors (Lipinski definition) is 1. The number of aliphatic hydroxyl groups is 1. The van der Waals surface area contributed by atoms with Crippen molar-refractivity contribution in [1.82, 2.24) is 0 Å². The summed E-state index contributed by atoms with van der Waals surface area (Å²) in [7, 11) is 0. The summed E-state index contributed by atoms with van der Waals surface area (Å²) in [6.07, 6.45) is -2.20. The van der Waals surface area contributed by atoms with E-state index in [2.05, 4.69) is 4.74 Å². The molecule has 0 aromatic heterocycles. The van der Waals surface area contributed by atoms with E-state index in [1.54, 1.807) is 20.8 Å². The molecule has 1 rings (SSSR count). The summed E-state index contributed by atoms with van der Waals surface area (Å²) in [5.41, 5.74) is 0. The largest absolute Gasteiger partial charge is 0.464 e. The first-order chi connectivity index (χ1) is 7.70. The number of rotatable bonds is 4. The minimum absolute atomic E-state index is 0.106. The molecule has 7 heteroatoms. The Morgan fingerprint density at radius 1 is 1.65 bits per heavy atom. The lowest BCUT2D eigenvalue weighted by Crippen LogP contribution is -2.48. The molecular weight excluding hydrogens is 271 g/mol. The first-order valence-electron chi connectivity index (χ1n) is 5.25. The Kier molecular flexibility index (Phi) is 4.66. The quantitative estimate of drug-likeness (QED) is 0.622. The number of aliphatic hydroxyl groups excluding tert-OH is 1. The molecule has 1 N–H and O–H groups in total. The number of alkyl halides is 2. The van der Waals surface area contributed by atoms with Crippen LogP contribution in [0.1, 0.15) is 20.8 Å². The molecule has 1 saturated heterocycles. The molecule has 0 radical (unpaired) electrons. The third kappa shape index (κ3) is 3.45. The summed E-state index contributed by atoms with van der Waals surface area (Å²) in [4.78, 5) is 11.5. The molecule has 1 aliphatic rings. The van der Waals surface area contributed by atoms with Gasteiger partial charge in [-0.25, -0.2) is 4.79 Å². The van der Waals surface area contributed by atoms with Crippen LogP contribution in [-0.4, -0.2) is 46.6 Å². The second kappa shape index (κ2) is 5.28. The summed E-state index contributed by atoms with van der Waals surface area (Å²) >= 11 is 11.6. The van der Waals surface area contributed by atoms with Crippen LogP contribution >= 0.6 is 23.2 Å². The normalized spacial score (nSPS) is 25.6. The first kappa shape index (κ1) is 15.0. The van der Waals surface area contributed by atoms with Gasteiger partial charge in [-0.05, 0) is 20.8 Å². The van der Waals surface area contributed by atoms with E-state index in [1.165, 1.54) is 0 Å². The third-order valence-electron chi connectivity index (χ3n) is 2.30. The lowest BCUT2D eigenvalue weighted by Gasteiger charge is -2.27. The van der Waals surface area contributed by atoms with Gasteiger partial charge in [0.15, 0.2) is 5.79 Å². The second-order valence-corrected chi connectivity index (χ2v) is 5.54. The van der Waals surface area contributed by atoms with Crippen LogP contribution in [0.2, 0.25) is 0 Å². The fourth-order valence-corrected chi connectivity index (χ4v) is 1.84. The van der Waals surface area contributed by atoms with Crippen molar-refractivity contribution in [3.63, 3.8) is 0 Å². The Morgan fingerprint density at radius 3 is 2.65 bits per heavy atom. The maximum atomic E-state index is 11.5. The van der Waals surface area contributed by atoms with Gasteiger partial charge in [0.05, 0.1) is 13.2 Å². The number of carbonyl (C=O) groups is 1. The summed E-state index contributed by atoms with van der Waals surface area (Å²) in [6.45, 7) is 5.23. The van der Waals surface area contributed by atoms with Gasteiger partial charge >= 0.3 is 5.97 Å². The van der Waals surface area contributed by atoms with E-state index in [1.807, 2.05) is 0 Å². The predicted molar refractivity (Wildman–Crippen MR) is 62.0 cm³/mol. The van der Waals surface area contributed by atoms with Crippen molar-refractivity contribution in [3.8, 4) is 0 Å². The zero-order valence-corrected chi connectivity index (χ0v) is 11.4. The van der Waals surface area contributed by atoms with Crippen LogP contribution in [0.4, 0.5) is 0 Å². The molecule has 2 atom stereocenters.